The molecule has 5 aromatic rings. The van der Waals surface area contributed by atoms with E-state index in [2.05, 4.69) is 21.3 Å². The summed E-state index contributed by atoms with van der Waals surface area (Å²) in [7, 11) is 3.23. The molecule has 0 saturated carbocycles. The molecular formula is C40H39Cl3N6O4. The van der Waals surface area contributed by atoms with Crippen LogP contribution in [-0.4, -0.2) is 61.2 Å². The summed E-state index contributed by atoms with van der Waals surface area (Å²) >= 11 is 21.1. The molecule has 7 rings (SSSR count). The number of amides is 2. The lowest BCUT2D eigenvalue weighted by molar-refractivity contribution is -0.120. The van der Waals surface area contributed by atoms with E-state index in [9.17, 15) is 9.59 Å². The molecule has 274 valence electrons. The molecule has 2 fully saturated rings. The number of carbonyl (C=O) groups is 2. The Morgan fingerprint density at radius 3 is 1.79 bits per heavy atom. The van der Waals surface area contributed by atoms with Crippen molar-refractivity contribution in [3.05, 3.63) is 92.9 Å². The number of pyridine rings is 2. The fraction of sp³-hybridized carbons (Fsp3) is 0.300. The molecule has 2 saturated heterocycles. The lowest BCUT2D eigenvalue weighted by Gasteiger charge is -2.17. The third kappa shape index (κ3) is 7.93. The quantitative estimate of drug-likeness (QED) is 0.0980. The van der Waals surface area contributed by atoms with E-state index < -0.39 is 0 Å². The molecule has 0 radical (unpaired) electrons. The zero-order chi connectivity index (χ0) is 37.1. The second kappa shape index (κ2) is 16.3. The molecule has 2 aromatic heterocycles. The minimum absolute atomic E-state index is 0.0885. The second-order valence-corrected chi connectivity index (χ2v) is 14.4. The van der Waals surface area contributed by atoms with E-state index in [1.807, 2.05) is 66.7 Å². The Kier molecular flexibility index (Phi) is 11.3. The SMILES string of the molecule is COc1nc(-c2cccc(-c3cccc(-c4ccc5c(OC)c(CNC[C@@H]6CCC(=O)N6)cc(Cl)c5n4)c3Cl)c2Cl)ccc1CNC[C@@H]1CCC(=O)N1. The summed E-state index contributed by atoms with van der Waals surface area (Å²) < 4.78 is 11.5. The number of nitrogens with one attached hydrogen (secondary N) is 4. The molecule has 0 bridgehead atoms. The van der Waals surface area contributed by atoms with E-state index in [1.165, 1.54) is 0 Å². The molecule has 2 atom stereocenters. The monoisotopic (exact) mass is 772 g/mol. The molecule has 2 aliphatic rings. The van der Waals surface area contributed by atoms with Crippen molar-refractivity contribution in [1.29, 1.82) is 0 Å². The predicted molar refractivity (Wildman–Crippen MR) is 210 cm³/mol. The van der Waals surface area contributed by atoms with Gasteiger partial charge in [0, 0.05) is 89.9 Å². The summed E-state index contributed by atoms with van der Waals surface area (Å²) in [4.78, 5) is 32.9. The summed E-state index contributed by atoms with van der Waals surface area (Å²) in [5, 5.41) is 15.0. The molecule has 2 amide bonds. The van der Waals surface area contributed by atoms with Gasteiger partial charge in [-0.2, -0.15) is 0 Å². The van der Waals surface area contributed by atoms with E-state index in [-0.39, 0.29) is 23.9 Å². The lowest BCUT2D eigenvalue weighted by atomic mass is 9.97. The predicted octanol–water partition coefficient (Wildman–Crippen LogP) is 7.34. The molecule has 3 aromatic carbocycles. The van der Waals surface area contributed by atoms with Crippen molar-refractivity contribution in [3.8, 4) is 45.3 Å². The average molecular weight is 774 g/mol. The molecule has 10 nitrogen and oxygen atoms in total. The van der Waals surface area contributed by atoms with E-state index in [4.69, 9.17) is 54.2 Å². The van der Waals surface area contributed by atoms with Crippen LogP contribution < -0.4 is 30.7 Å². The van der Waals surface area contributed by atoms with Gasteiger partial charge in [0.15, 0.2) is 0 Å². The van der Waals surface area contributed by atoms with Crippen LogP contribution in [-0.2, 0) is 22.7 Å². The Morgan fingerprint density at radius 1 is 0.698 bits per heavy atom. The molecule has 0 spiro atoms. The molecular weight excluding hydrogens is 735 g/mol. The number of rotatable bonds is 13. The standard InChI is InChI=1S/C40H39Cl3N6O4/c1-52-39-23(19-45-21-25-11-16-35(51)47-25)17-31(41)38-30(39)12-14-32(48-38)28-7-3-5-26(36(28)42)27-6-4-8-29(37(27)43)33-13-9-22(40(49-33)53-2)18-44-20-24-10-15-34(50)46-24/h3-9,12-14,17,24-25,44-45H,10-11,15-16,18-21H2,1-2H3,(H,46,50)(H,47,51)/t24-,25-/m0/s1. The zero-order valence-corrected chi connectivity index (χ0v) is 31.6. The van der Waals surface area contributed by atoms with Gasteiger partial charge >= 0.3 is 0 Å². The molecule has 0 aliphatic carbocycles. The number of fused-ring (bicyclic) bond motifs is 1. The van der Waals surface area contributed by atoms with Crippen LogP contribution in [0.3, 0.4) is 0 Å². The van der Waals surface area contributed by atoms with E-state index >= 15 is 0 Å². The fourth-order valence-electron chi connectivity index (χ4n) is 7.04. The highest BCUT2D eigenvalue weighted by molar-refractivity contribution is 6.39. The molecule has 0 unspecified atom stereocenters. The number of nitrogens with zero attached hydrogens (tertiary/aromatic N) is 2. The summed E-state index contributed by atoms with van der Waals surface area (Å²) in [6.07, 6.45) is 2.77. The average Bonchev–Trinajstić information content (AvgIpc) is 3.78. The maximum atomic E-state index is 11.6. The van der Waals surface area contributed by atoms with Crippen molar-refractivity contribution >= 4 is 57.5 Å². The second-order valence-electron chi connectivity index (χ2n) is 13.2. The van der Waals surface area contributed by atoms with Gasteiger partial charge in [-0.05, 0) is 37.1 Å². The van der Waals surface area contributed by atoms with Gasteiger partial charge < -0.3 is 30.7 Å². The molecule has 13 heteroatoms. The van der Waals surface area contributed by atoms with Crippen LogP contribution in [0.25, 0.3) is 44.5 Å². The number of ether oxygens (including phenoxy) is 2. The van der Waals surface area contributed by atoms with Crippen LogP contribution in [0, 0.1) is 0 Å². The topological polar surface area (TPSA) is 126 Å². The maximum absolute atomic E-state index is 11.6. The van der Waals surface area contributed by atoms with Crippen molar-refractivity contribution in [2.45, 2.75) is 50.9 Å². The van der Waals surface area contributed by atoms with Crippen molar-refractivity contribution in [2.75, 3.05) is 27.3 Å². The summed E-state index contributed by atoms with van der Waals surface area (Å²) in [6.45, 7) is 2.39. The summed E-state index contributed by atoms with van der Waals surface area (Å²) in [5.41, 5.74) is 6.64. The van der Waals surface area contributed by atoms with Crippen molar-refractivity contribution in [2.24, 2.45) is 0 Å². The Morgan fingerprint density at radius 2 is 1.25 bits per heavy atom. The van der Waals surface area contributed by atoms with Gasteiger partial charge in [0.25, 0.3) is 0 Å². The molecule has 4 heterocycles. The Labute approximate surface area is 322 Å². The highest BCUT2D eigenvalue weighted by Crippen LogP contribution is 2.43. The molecule has 4 N–H and O–H groups in total. The van der Waals surface area contributed by atoms with Crippen molar-refractivity contribution in [1.82, 2.24) is 31.2 Å². The Balaban J connectivity index is 1.13. The van der Waals surface area contributed by atoms with Crippen LogP contribution in [0.2, 0.25) is 15.1 Å². The van der Waals surface area contributed by atoms with Crippen molar-refractivity contribution in [3.63, 3.8) is 0 Å². The van der Waals surface area contributed by atoms with Crippen LogP contribution in [0.4, 0.5) is 0 Å². The normalized spacial score (nSPS) is 16.9. The van der Waals surface area contributed by atoms with Crippen LogP contribution in [0.1, 0.15) is 36.8 Å². The van der Waals surface area contributed by atoms with Gasteiger partial charge in [-0.1, -0.05) is 77.3 Å². The van der Waals surface area contributed by atoms with Gasteiger partial charge in [-0.25, -0.2) is 9.97 Å². The van der Waals surface area contributed by atoms with Crippen molar-refractivity contribution < 1.29 is 19.1 Å². The van der Waals surface area contributed by atoms with Gasteiger partial charge in [0.1, 0.15) is 5.75 Å². The number of hydrogen-bond donors (Lipinski definition) is 4. The molecule has 53 heavy (non-hydrogen) atoms. The van der Waals surface area contributed by atoms with E-state index in [0.29, 0.717) is 82.6 Å². The maximum Gasteiger partial charge on any atom is 0.220 e. The first-order valence-electron chi connectivity index (χ1n) is 17.5. The summed E-state index contributed by atoms with van der Waals surface area (Å²) in [6, 6.07) is 21.4. The van der Waals surface area contributed by atoms with Gasteiger partial charge in [0.2, 0.25) is 17.7 Å². The highest BCUT2D eigenvalue weighted by atomic mass is 35.5. The zero-order valence-electron chi connectivity index (χ0n) is 29.3. The van der Waals surface area contributed by atoms with Gasteiger partial charge in [0.05, 0.1) is 46.2 Å². The number of hydrogen-bond acceptors (Lipinski definition) is 8. The van der Waals surface area contributed by atoms with Crippen LogP contribution in [0.5, 0.6) is 11.6 Å². The third-order valence-corrected chi connectivity index (χ3v) is 10.8. The van der Waals surface area contributed by atoms with Gasteiger partial charge in [-0.3, -0.25) is 9.59 Å². The number of methoxy groups -OCH3 is 2. The third-order valence-electron chi connectivity index (χ3n) is 9.72. The lowest BCUT2D eigenvalue weighted by Crippen LogP contribution is -2.35. The largest absolute Gasteiger partial charge is 0.496 e. The number of benzene rings is 3. The number of aromatic nitrogens is 2. The number of halogens is 3. The minimum Gasteiger partial charge on any atom is -0.496 e. The van der Waals surface area contributed by atoms with E-state index in [1.54, 1.807) is 14.2 Å². The number of carbonyl (C=O) groups excluding carboxylic acids is 2. The Bertz CT molecular complexity index is 2200. The summed E-state index contributed by atoms with van der Waals surface area (Å²) in [5.74, 6) is 1.36. The minimum atomic E-state index is 0.0885. The first-order chi connectivity index (χ1) is 25.7. The van der Waals surface area contributed by atoms with Crippen LogP contribution >= 0.6 is 34.8 Å². The first-order valence-corrected chi connectivity index (χ1v) is 18.7. The Hall–Kier alpha value is -4.45. The fourth-order valence-corrected chi connectivity index (χ4v) is 7.96. The molecule has 2 aliphatic heterocycles. The first kappa shape index (κ1) is 36.9. The smallest absolute Gasteiger partial charge is 0.220 e. The van der Waals surface area contributed by atoms with Gasteiger partial charge in [-0.15, -0.1) is 0 Å². The van der Waals surface area contributed by atoms with E-state index in [0.717, 1.165) is 51.6 Å². The van der Waals surface area contributed by atoms with Crippen LogP contribution in [0.15, 0.2) is 66.7 Å². The highest BCUT2D eigenvalue weighted by Gasteiger charge is 2.23.